The Morgan fingerprint density at radius 3 is 2.17 bits per heavy atom. The Kier molecular flexibility index (Phi) is 5.07. The minimum absolute atomic E-state index is 0.371. The zero-order valence-electron chi connectivity index (χ0n) is 10.4. The lowest BCUT2D eigenvalue weighted by Gasteiger charge is -2.22. The fraction of sp³-hybridized carbons (Fsp3) is 0.583. The Morgan fingerprint density at radius 1 is 1.06 bits per heavy atom. The van der Waals surface area contributed by atoms with E-state index in [9.17, 15) is 17.6 Å². The molecule has 0 aliphatic heterocycles. The lowest BCUT2D eigenvalue weighted by Crippen LogP contribution is -2.22. The fourth-order valence-corrected chi connectivity index (χ4v) is 1.88. The van der Waals surface area contributed by atoms with Crippen molar-refractivity contribution >= 4 is 0 Å². The van der Waals surface area contributed by atoms with Crippen molar-refractivity contribution in [1.82, 2.24) is 4.98 Å². The molecule has 18 heavy (non-hydrogen) atoms. The van der Waals surface area contributed by atoms with Crippen LogP contribution in [0.3, 0.4) is 0 Å². The van der Waals surface area contributed by atoms with Crippen molar-refractivity contribution in [2.75, 3.05) is 6.61 Å². The molecule has 0 saturated heterocycles. The molecule has 2 atom stereocenters. The second-order valence-corrected chi connectivity index (χ2v) is 3.91. The summed E-state index contributed by atoms with van der Waals surface area (Å²) in [5.41, 5.74) is -0.435. The molecule has 0 saturated carbocycles. The molecule has 1 aromatic heterocycles. The van der Waals surface area contributed by atoms with E-state index < -0.39 is 41.1 Å². The molecule has 2 nitrogen and oxygen atoms in total. The average Bonchev–Trinajstić information content (AvgIpc) is 2.34. The van der Waals surface area contributed by atoms with Crippen LogP contribution in [0.5, 0.6) is 0 Å². The van der Waals surface area contributed by atoms with Crippen molar-refractivity contribution in [3.8, 4) is 0 Å². The van der Waals surface area contributed by atoms with Gasteiger partial charge in [0.25, 0.3) is 5.95 Å². The molecule has 0 aliphatic rings. The molecule has 0 radical (unpaired) electrons. The number of hydrogen-bond acceptors (Lipinski definition) is 2. The first-order chi connectivity index (χ1) is 8.43. The van der Waals surface area contributed by atoms with Crippen LogP contribution in [0.25, 0.3) is 0 Å². The molecule has 0 aromatic carbocycles. The molecule has 2 unspecified atom stereocenters. The van der Waals surface area contributed by atoms with Gasteiger partial charge in [-0.05, 0) is 20.3 Å². The van der Waals surface area contributed by atoms with Gasteiger partial charge in [0.15, 0.2) is 5.82 Å². The van der Waals surface area contributed by atoms with E-state index in [0.717, 1.165) is 0 Å². The Bertz CT molecular complexity index is 425. The SMILES string of the molecule is CCOC(C)C(CC)c1nc(F)c(F)c(F)c1F. The fourth-order valence-electron chi connectivity index (χ4n) is 1.88. The highest BCUT2D eigenvalue weighted by atomic mass is 19.2. The van der Waals surface area contributed by atoms with Gasteiger partial charge in [0, 0.05) is 12.5 Å². The van der Waals surface area contributed by atoms with Crippen LogP contribution >= 0.6 is 0 Å². The minimum atomic E-state index is -1.89. The Morgan fingerprint density at radius 2 is 1.67 bits per heavy atom. The summed E-state index contributed by atoms with van der Waals surface area (Å²) in [5, 5.41) is 0. The van der Waals surface area contributed by atoms with Crippen LogP contribution in [-0.4, -0.2) is 17.7 Å². The largest absolute Gasteiger partial charge is 0.378 e. The molecular formula is C12H15F4NO. The summed E-state index contributed by atoms with van der Waals surface area (Å²) in [4.78, 5) is 3.17. The van der Waals surface area contributed by atoms with Gasteiger partial charge >= 0.3 is 0 Å². The Labute approximate surface area is 103 Å². The molecule has 1 aromatic rings. The molecule has 1 rings (SSSR count). The summed E-state index contributed by atoms with van der Waals surface area (Å²) in [6.07, 6.45) is -0.0958. The summed E-state index contributed by atoms with van der Waals surface area (Å²) >= 11 is 0. The number of hydrogen-bond donors (Lipinski definition) is 0. The van der Waals surface area contributed by atoms with Crippen molar-refractivity contribution in [3.63, 3.8) is 0 Å². The normalized spacial score (nSPS) is 14.6. The molecule has 0 amide bonds. The first kappa shape index (κ1) is 14.9. The molecule has 1 heterocycles. The number of aromatic nitrogens is 1. The van der Waals surface area contributed by atoms with E-state index in [0.29, 0.717) is 13.0 Å². The zero-order valence-corrected chi connectivity index (χ0v) is 10.4. The van der Waals surface area contributed by atoms with Crippen LogP contribution in [0.4, 0.5) is 17.6 Å². The van der Waals surface area contributed by atoms with Crippen molar-refractivity contribution < 1.29 is 22.3 Å². The van der Waals surface area contributed by atoms with Crippen LogP contribution in [0.15, 0.2) is 0 Å². The summed E-state index contributed by atoms with van der Waals surface area (Å²) in [6.45, 7) is 5.49. The highest BCUT2D eigenvalue weighted by Crippen LogP contribution is 2.28. The number of pyridine rings is 1. The predicted molar refractivity (Wildman–Crippen MR) is 58.2 cm³/mol. The summed E-state index contributed by atoms with van der Waals surface area (Å²) in [7, 11) is 0. The van der Waals surface area contributed by atoms with Crippen molar-refractivity contribution in [2.24, 2.45) is 0 Å². The van der Waals surface area contributed by atoms with E-state index in [4.69, 9.17) is 4.74 Å². The second-order valence-electron chi connectivity index (χ2n) is 3.91. The highest BCUT2D eigenvalue weighted by molar-refractivity contribution is 5.17. The Balaban J connectivity index is 3.22. The van der Waals surface area contributed by atoms with Crippen LogP contribution in [0.1, 0.15) is 38.8 Å². The van der Waals surface area contributed by atoms with Gasteiger partial charge in [-0.25, -0.2) is 13.8 Å². The van der Waals surface area contributed by atoms with Gasteiger partial charge in [-0.15, -0.1) is 0 Å². The van der Waals surface area contributed by atoms with Crippen molar-refractivity contribution in [3.05, 3.63) is 29.1 Å². The third-order valence-corrected chi connectivity index (χ3v) is 2.80. The minimum Gasteiger partial charge on any atom is -0.378 e. The van der Waals surface area contributed by atoms with Crippen molar-refractivity contribution in [2.45, 2.75) is 39.2 Å². The smallest absolute Gasteiger partial charge is 0.252 e. The van der Waals surface area contributed by atoms with E-state index in [1.54, 1.807) is 20.8 Å². The monoisotopic (exact) mass is 265 g/mol. The van der Waals surface area contributed by atoms with E-state index in [1.807, 2.05) is 0 Å². The van der Waals surface area contributed by atoms with Gasteiger partial charge in [0.2, 0.25) is 11.6 Å². The molecule has 0 spiro atoms. The maximum Gasteiger partial charge on any atom is 0.252 e. The molecule has 0 aliphatic carbocycles. The molecule has 6 heteroatoms. The number of halogens is 4. The summed E-state index contributed by atoms with van der Waals surface area (Å²) in [6, 6.07) is 0. The standard InChI is InChI=1S/C12H15F4NO/c1-4-7(6(3)18-5-2)11-9(14)8(13)10(15)12(16)17-11/h6-7H,4-5H2,1-3H3. The highest BCUT2D eigenvalue weighted by Gasteiger charge is 2.28. The number of ether oxygens (including phenoxy) is 1. The lowest BCUT2D eigenvalue weighted by atomic mass is 9.95. The topological polar surface area (TPSA) is 22.1 Å². The summed E-state index contributed by atoms with van der Waals surface area (Å²) < 4.78 is 57.8. The van der Waals surface area contributed by atoms with E-state index >= 15 is 0 Å². The van der Waals surface area contributed by atoms with Crippen LogP contribution < -0.4 is 0 Å². The van der Waals surface area contributed by atoms with Gasteiger partial charge < -0.3 is 4.74 Å². The molecule has 0 N–H and O–H groups in total. The van der Waals surface area contributed by atoms with Gasteiger partial charge in [0.05, 0.1) is 11.8 Å². The van der Waals surface area contributed by atoms with Gasteiger partial charge in [-0.2, -0.15) is 8.78 Å². The van der Waals surface area contributed by atoms with Gasteiger partial charge in [-0.3, -0.25) is 0 Å². The van der Waals surface area contributed by atoms with E-state index in [-0.39, 0.29) is 0 Å². The number of rotatable bonds is 5. The van der Waals surface area contributed by atoms with Crippen LogP contribution in [0.2, 0.25) is 0 Å². The maximum atomic E-state index is 13.6. The molecule has 102 valence electrons. The first-order valence-corrected chi connectivity index (χ1v) is 5.75. The number of nitrogens with zero attached hydrogens (tertiary/aromatic N) is 1. The third kappa shape index (κ3) is 2.80. The molecule has 0 bridgehead atoms. The second kappa shape index (κ2) is 6.13. The van der Waals surface area contributed by atoms with Crippen molar-refractivity contribution in [1.29, 1.82) is 0 Å². The predicted octanol–water partition coefficient (Wildman–Crippen LogP) is 3.56. The Hall–Kier alpha value is -1.17. The quantitative estimate of drug-likeness (QED) is 0.600. The van der Waals surface area contributed by atoms with E-state index in [2.05, 4.69) is 4.98 Å². The summed E-state index contributed by atoms with van der Waals surface area (Å²) in [5.74, 6) is -7.44. The average molecular weight is 265 g/mol. The van der Waals surface area contributed by atoms with Crippen LogP contribution in [-0.2, 0) is 4.74 Å². The molecular weight excluding hydrogens is 250 g/mol. The van der Waals surface area contributed by atoms with E-state index in [1.165, 1.54) is 0 Å². The first-order valence-electron chi connectivity index (χ1n) is 5.75. The van der Waals surface area contributed by atoms with Crippen LogP contribution in [0, 0.1) is 23.4 Å². The third-order valence-electron chi connectivity index (χ3n) is 2.80. The molecule has 0 fully saturated rings. The van der Waals surface area contributed by atoms with Gasteiger partial charge in [-0.1, -0.05) is 6.92 Å². The zero-order chi connectivity index (χ0) is 13.9. The van der Waals surface area contributed by atoms with Gasteiger partial charge in [0.1, 0.15) is 0 Å². The maximum absolute atomic E-state index is 13.6. The lowest BCUT2D eigenvalue weighted by molar-refractivity contribution is 0.0525.